The zero-order chi connectivity index (χ0) is 15.1. The number of aliphatic carboxylic acids is 2. The zero-order valence-corrected chi connectivity index (χ0v) is 11.4. The van der Waals surface area contributed by atoms with Crippen molar-refractivity contribution in [3.63, 3.8) is 0 Å². The highest BCUT2D eigenvalue weighted by molar-refractivity contribution is 6.18. The molecule has 1 rings (SSSR count). The van der Waals surface area contributed by atoms with Crippen molar-refractivity contribution >= 4 is 29.2 Å². The normalized spacial score (nSPS) is 13.5. The van der Waals surface area contributed by atoms with E-state index in [0.29, 0.717) is 11.3 Å². The average molecular weight is 302 g/mol. The van der Waals surface area contributed by atoms with Gasteiger partial charge in [0.1, 0.15) is 0 Å². The lowest BCUT2D eigenvalue weighted by molar-refractivity contribution is -0.145. The monoisotopic (exact) mass is 301 g/mol. The van der Waals surface area contributed by atoms with Crippen LogP contribution in [0.3, 0.4) is 0 Å². The van der Waals surface area contributed by atoms with Crippen LogP contribution in [0.1, 0.15) is 17.9 Å². The SMILES string of the molecule is O=C(O)CC(C(=O)O)c1ccc(NCC(O)CCl)cc1. The van der Waals surface area contributed by atoms with Crippen molar-refractivity contribution in [3.05, 3.63) is 29.8 Å². The van der Waals surface area contributed by atoms with E-state index in [9.17, 15) is 14.7 Å². The Hall–Kier alpha value is -1.79. The van der Waals surface area contributed by atoms with Gasteiger partial charge < -0.3 is 20.6 Å². The Kier molecular flexibility index (Phi) is 6.27. The molecule has 0 heterocycles. The van der Waals surface area contributed by atoms with Crippen molar-refractivity contribution in [2.75, 3.05) is 17.7 Å². The van der Waals surface area contributed by atoms with Crippen molar-refractivity contribution in [3.8, 4) is 0 Å². The van der Waals surface area contributed by atoms with E-state index in [4.69, 9.17) is 21.8 Å². The average Bonchev–Trinajstić information content (AvgIpc) is 2.42. The second-order valence-corrected chi connectivity index (χ2v) is 4.61. The van der Waals surface area contributed by atoms with E-state index < -0.39 is 30.4 Å². The van der Waals surface area contributed by atoms with Gasteiger partial charge in [0.2, 0.25) is 0 Å². The molecule has 0 saturated carbocycles. The first-order valence-electron chi connectivity index (χ1n) is 5.96. The maximum Gasteiger partial charge on any atom is 0.311 e. The fourth-order valence-electron chi connectivity index (χ4n) is 1.65. The maximum absolute atomic E-state index is 11.0. The molecule has 6 nitrogen and oxygen atoms in total. The lowest BCUT2D eigenvalue weighted by Gasteiger charge is -2.13. The number of carbonyl (C=O) groups is 2. The number of aliphatic hydroxyl groups excluding tert-OH is 1. The molecule has 0 aliphatic rings. The number of benzene rings is 1. The molecule has 110 valence electrons. The number of anilines is 1. The molecule has 0 bridgehead atoms. The number of rotatable bonds is 8. The minimum Gasteiger partial charge on any atom is -0.481 e. The Morgan fingerprint density at radius 1 is 1.20 bits per heavy atom. The molecule has 20 heavy (non-hydrogen) atoms. The number of carboxylic acid groups (broad SMARTS) is 2. The number of carboxylic acids is 2. The third-order valence-corrected chi connectivity index (χ3v) is 3.07. The molecular formula is C13H16ClNO5. The predicted octanol–water partition coefficient (Wildman–Crippen LogP) is 1.34. The van der Waals surface area contributed by atoms with Crippen LogP contribution in [-0.4, -0.2) is 45.8 Å². The molecule has 0 radical (unpaired) electrons. The largest absolute Gasteiger partial charge is 0.481 e. The molecule has 2 unspecified atom stereocenters. The van der Waals surface area contributed by atoms with Crippen LogP contribution >= 0.6 is 11.6 Å². The van der Waals surface area contributed by atoms with E-state index in [-0.39, 0.29) is 12.4 Å². The van der Waals surface area contributed by atoms with Gasteiger partial charge in [-0.3, -0.25) is 9.59 Å². The van der Waals surface area contributed by atoms with Gasteiger partial charge in [0, 0.05) is 12.2 Å². The number of nitrogens with one attached hydrogen (secondary N) is 1. The van der Waals surface area contributed by atoms with Gasteiger partial charge in [-0.2, -0.15) is 0 Å². The molecular weight excluding hydrogens is 286 g/mol. The quantitative estimate of drug-likeness (QED) is 0.540. The summed E-state index contributed by atoms with van der Waals surface area (Å²) in [6.07, 6.45) is -1.14. The van der Waals surface area contributed by atoms with Gasteiger partial charge in [-0.05, 0) is 17.7 Å². The number of alkyl halides is 1. The van der Waals surface area contributed by atoms with Crippen LogP contribution in [0.4, 0.5) is 5.69 Å². The van der Waals surface area contributed by atoms with E-state index in [2.05, 4.69) is 5.32 Å². The number of aliphatic hydroxyl groups is 1. The van der Waals surface area contributed by atoms with Crippen molar-refractivity contribution in [2.24, 2.45) is 0 Å². The molecule has 2 atom stereocenters. The molecule has 0 fully saturated rings. The molecule has 0 aliphatic carbocycles. The summed E-state index contributed by atoms with van der Waals surface area (Å²) >= 11 is 5.46. The van der Waals surface area contributed by atoms with Crippen LogP contribution in [0.2, 0.25) is 0 Å². The Morgan fingerprint density at radius 3 is 2.25 bits per heavy atom. The molecule has 0 spiro atoms. The smallest absolute Gasteiger partial charge is 0.311 e. The second kappa shape index (κ2) is 7.72. The Morgan fingerprint density at radius 2 is 1.80 bits per heavy atom. The van der Waals surface area contributed by atoms with Gasteiger partial charge in [-0.1, -0.05) is 12.1 Å². The topological polar surface area (TPSA) is 107 Å². The second-order valence-electron chi connectivity index (χ2n) is 4.30. The van der Waals surface area contributed by atoms with Crippen LogP contribution in [0.15, 0.2) is 24.3 Å². The minimum absolute atomic E-state index is 0.116. The maximum atomic E-state index is 11.0. The summed E-state index contributed by atoms with van der Waals surface area (Å²) in [6.45, 7) is 0.278. The third kappa shape index (κ3) is 5.07. The lowest BCUT2D eigenvalue weighted by Crippen LogP contribution is -2.20. The van der Waals surface area contributed by atoms with Crippen LogP contribution in [0.5, 0.6) is 0 Å². The van der Waals surface area contributed by atoms with Gasteiger partial charge in [0.05, 0.1) is 24.3 Å². The summed E-state index contributed by atoms with van der Waals surface area (Å²) in [6, 6.07) is 6.37. The highest BCUT2D eigenvalue weighted by atomic mass is 35.5. The molecule has 0 aliphatic heterocycles. The molecule has 0 amide bonds. The van der Waals surface area contributed by atoms with E-state index >= 15 is 0 Å². The van der Waals surface area contributed by atoms with Crippen molar-refractivity contribution in [2.45, 2.75) is 18.4 Å². The number of hydrogen-bond donors (Lipinski definition) is 4. The fourth-order valence-corrected chi connectivity index (χ4v) is 1.75. The lowest BCUT2D eigenvalue weighted by atomic mass is 9.96. The highest BCUT2D eigenvalue weighted by Crippen LogP contribution is 2.22. The van der Waals surface area contributed by atoms with E-state index in [1.165, 1.54) is 0 Å². The molecule has 1 aromatic carbocycles. The fraction of sp³-hybridized carbons (Fsp3) is 0.385. The molecule has 0 saturated heterocycles. The van der Waals surface area contributed by atoms with Crippen molar-refractivity contribution in [1.29, 1.82) is 0 Å². The van der Waals surface area contributed by atoms with Crippen molar-refractivity contribution in [1.82, 2.24) is 0 Å². The van der Waals surface area contributed by atoms with E-state index in [1.807, 2.05) is 0 Å². The molecule has 7 heteroatoms. The predicted molar refractivity (Wildman–Crippen MR) is 74.3 cm³/mol. The van der Waals surface area contributed by atoms with Gasteiger partial charge >= 0.3 is 11.9 Å². The number of hydrogen-bond acceptors (Lipinski definition) is 4. The van der Waals surface area contributed by atoms with Crippen molar-refractivity contribution < 1.29 is 24.9 Å². The highest BCUT2D eigenvalue weighted by Gasteiger charge is 2.22. The van der Waals surface area contributed by atoms with Gasteiger partial charge in [-0.25, -0.2) is 0 Å². The van der Waals surface area contributed by atoms with Crippen LogP contribution < -0.4 is 5.32 Å². The Labute approximate surface area is 121 Å². The van der Waals surface area contributed by atoms with E-state index in [1.54, 1.807) is 24.3 Å². The zero-order valence-electron chi connectivity index (χ0n) is 10.6. The molecule has 0 aromatic heterocycles. The van der Waals surface area contributed by atoms with Crippen LogP contribution in [0, 0.1) is 0 Å². The van der Waals surface area contributed by atoms with Crippen LogP contribution in [0.25, 0.3) is 0 Å². The van der Waals surface area contributed by atoms with Gasteiger partial charge in [0.15, 0.2) is 0 Å². The first-order chi connectivity index (χ1) is 9.43. The summed E-state index contributed by atoms with van der Waals surface area (Å²) in [4.78, 5) is 21.7. The third-order valence-electron chi connectivity index (χ3n) is 2.71. The Balaban J connectivity index is 2.73. The Bertz CT molecular complexity index is 462. The summed E-state index contributed by atoms with van der Waals surface area (Å²) in [5, 5.41) is 30.0. The summed E-state index contributed by atoms with van der Waals surface area (Å²) in [7, 11) is 0. The standard InChI is InChI=1S/C13H16ClNO5/c14-6-10(16)7-15-9-3-1-8(2-4-9)11(13(19)20)5-12(17)18/h1-4,10-11,15-16H,5-7H2,(H,17,18)(H,19,20). The van der Waals surface area contributed by atoms with E-state index in [0.717, 1.165) is 0 Å². The van der Waals surface area contributed by atoms with Gasteiger partial charge in [-0.15, -0.1) is 11.6 Å². The first-order valence-corrected chi connectivity index (χ1v) is 6.50. The first kappa shape index (κ1) is 16.3. The minimum atomic E-state index is -1.18. The molecule has 1 aromatic rings. The summed E-state index contributed by atoms with van der Waals surface area (Å²) < 4.78 is 0. The number of halogens is 1. The summed E-state index contributed by atoms with van der Waals surface area (Å²) in [5.41, 5.74) is 1.11. The summed E-state index contributed by atoms with van der Waals surface area (Å²) in [5.74, 6) is -3.30. The molecule has 4 N–H and O–H groups in total. The van der Waals surface area contributed by atoms with Crippen LogP contribution in [-0.2, 0) is 9.59 Å². The van der Waals surface area contributed by atoms with Gasteiger partial charge in [0.25, 0.3) is 0 Å².